The smallest absolute Gasteiger partial charge is 0.247 e. The van der Waals surface area contributed by atoms with Crippen LogP contribution in [0, 0.1) is 5.92 Å². The Hall–Kier alpha value is -2.01. The molecule has 122 valence electrons. The number of ketones is 1. The number of ether oxygens (including phenoxy) is 1. The lowest BCUT2D eigenvalue weighted by Crippen LogP contribution is -2.53. The van der Waals surface area contributed by atoms with Crippen LogP contribution in [0.2, 0.25) is 0 Å². The molecule has 23 heavy (non-hydrogen) atoms. The monoisotopic (exact) mass is 314 g/mol. The van der Waals surface area contributed by atoms with E-state index in [4.69, 9.17) is 4.74 Å². The van der Waals surface area contributed by atoms with Gasteiger partial charge < -0.3 is 9.64 Å². The van der Waals surface area contributed by atoms with Crippen LogP contribution in [0.4, 0.5) is 0 Å². The van der Waals surface area contributed by atoms with Crippen LogP contribution in [0.1, 0.15) is 31.2 Å². The van der Waals surface area contributed by atoms with Crippen LogP contribution in [0.25, 0.3) is 6.08 Å². The molecule has 0 aromatic carbocycles. The van der Waals surface area contributed by atoms with Gasteiger partial charge in [0.05, 0.1) is 19.3 Å². The van der Waals surface area contributed by atoms with Crippen LogP contribution in [0.15, 0.2) is 30.6 Å². The predicted molar refractivity (Wildman–Crippen MR) is 86.6 cm³/mol. The zero-order chi connectivity index (χ0) is 16.1. The SMILES string of the molecule is O=C1CCCCC1C1COCCN1C(=O)/C=C\c1cccnc1. The molecule has 5 heteroatoms. The molecule has 1 saturated carbocycles. The normalized spacial score (nSPS) is 25.7. The summed E-state index contributed by atoms with van der Waals surface area (Å²) in [5, 5.41) is 0. The fourth-order valence-electron chi connectivity index (χ4n) is 3.38. The maximum atomic E-state index is 12.6. The Labute approximate surface area is 136 Å². The van der Waals surface area contributed by atoms with Crippen molar-refractivity contribution in [2.75, 3.05) is 19.8 Å². The number of amides is 1. The van der Waals surface area contributed by atoms with Gasteiger partial charge in [-0.05, 0) is 30.5 Å². The molecule has 1 saturated heterocycles. The first-order chi connectivity index (χ1) is 11.3. The van der Waals surface area contributed by atoms with Crippen molar-refractivity contribution >= 4 is 17.8 Å². The minimum absolute atomic E-state index is 0.0551. The Morgan fingerprint density at radius 3 is 3.09 bits per heavy atom. The van der Waals surface area contributed by atoms with E-state index in [0.29, 0.717) is 26.2 Å². The van der Waals surface area contributed by atoms with Gasteiger partial charge in [-0.3, -0.25) is 14.6 Å². The van der Waals surface area contributed by atoms with Gasteiger partial charge in [0.25, 0.3) is 0 Å². The van der Waals surface area contributed by atoms with E-state index in [2.05, 4.69) is 4.98 Å². The van der Waals surface area contributed by atoms with Crippen LogP contribution < -0.4 is 0 Å². The lowest BCUT2D eigenvalue weighted by molar-refractivity contribution is -0.142. The molecule has 1 aromatic heterocycles. The zero-order valence-corrected chi connectivity index (χ0v) is 13.2. The Morgan fingerprint density at radius 1 is 1.39 bits per heavy atom. The van der Waals surface area contributed by atoms with Gasteiger partial charge in [0.2, 0.25) is 5.91 Å². The molecule has 2 aliphatic rings. The van der Waals surface area contributed by atoms with Crippen molar-refractivity contribution in [2.24, 2.45) is 5.92 Å². The highest BCUT2D eigenvalue weighted by atomic mass is 16.5. The van der Waals surface area contributed by atoms with Crippen LogP contribution in [0.3, 0.4) is 0 Å². The van der Waals surface area contributed by atoms with E-state index >= 15 is 0 Å². The van der Waals surface area contributed by atoms with E-state index in [1.807, 2.05) is 17.0 Å². The fourth-order valence-corrected chi connectivity index (χ4v) is 3.38. The summed E-state index contributed by atoms with van der Waals surface area (Å²) in [6.07, 6.45) is 10.3. The highest BCUT2D eigenvalue weighted by Crippen LogP contribution is 2.28. The molecule has 0 bridgehead atoms. The van der Waals surface area contributed by atoms with Crippen molar-refractivity contribution in [3.05, 3.63) is 36.2 Å². The maximum Gasteiger partial charge on any atom is 0.247 e. The van der Waals surface area contributed by atoms with E-state index in [1.165, 1.54) is 0 Å². The topological polar surface area (TPSA) is 59.5 Å². The second-order valence-corrected chi connectivity index (χ2v) is 6.11. The largest absolute Gasteiger partial charge is 0.377 e. The van der Waals surface area contributed by atoms with Crippen molar-refractivity contribution in [3.63, 3.8) is 0 Å². The first kappa shape index (κ1) is 15.9. The summed E-state index contributed by atoms with van der Waals surface area (Å²) in [5.74, 6) is 0.154. The number of carbonyl (C=O) groups excluding carboxylic acids is 2. The van der Waals surface area contributed by atoms with Gasteiger partial charge in [-0.1, -0.05) is 12.5 Å². The third kappa shape index (κ3) is 3.85. The molecular weight excluding hydrogens is 292 g/mol. The minimum atomic E-state index is -0.123. The number of morpholine rings is 1. The quantitative estimate of drug-likeness (QED) is 0.802. The average molecular weight is 314 g/mol. The number of Topliss-reactive ketones (excluding diaryl/α,β-unsaturated/α-hetero) is 1. The number of pyridine rings is 1. The van der Waals surface area contributed by atoms with E-state index in [-0.39, 0.29) is 23.7 Å². The molecule has 3 rings (SSSR count). The molecule has 0 spiro atoms. The summed E-state index contributed by atoms with van der Waals surface area (Å²) in [6.45, 7) is 1.54. The van der Waals surface area contributed by atoms with Crippen molar-refractivity contribution in [3.8, 4) is 0 Å². The van der Waals surface area contributed by atoms with E-state index in [1.54, 1.807) is 24.5 Å². The van der Waals surface area contributed by atoms with Crippen molar-refractivity contribution in [2.45, 2.75) is 31.7 Å². The molecule has 2 heterocycles. The second-order valence-electron chi connectivity index (χ2n) is 6.11. The van der Waals surface area contributed by atoms with Gasteiger partial charge in [-0.25, -0.2) is 0 Å². The Balaban J connectivity index is 1.71. The summed E-state index contributed by atoms with van der Waals surface area (Å²) < 4.78 is 5.55. The van der Waals surface area contributed by atoms with Gasteiger partial charge in [0.1, 0.15) is 5.78 Å². The van der Waals surface area contributed by atoms with Gasteiger partial charge in [0, 0.05) is 37.4 Å². The molecule has 2 atom stereocenters. The lowest BCUT2D eigenvalue weighted by Gasteiger charge is -2.40. The molecular formula is C18H22N2O3. The summed E-state index contributed by atoms with van der Waals surface area (Å²) in [7, 11) is 0. The van der Waals surface area contributed by atoms with Crippen molar-refractivity contribution in [1.82, 2.24) is 9.88 Å². The van der Waals surface area contributed by atoms with E-state index in [0.717, 1.165) is 24.8 Å². The Morgan fingerprint density at radius 2 is 2.30 bits per heavy atom. The number of aromatic nitrogens is 1. The van der Waals surface area contributed by atoms with Gasteiger partial charge in [-0.15, -0.1) is 0 Å². The third-order valence-electron chi connectivity index (χ3n) is 4.62. The number of hydrogen-bond acceptors (Lipinski definition) is 4. The standard InChI is InChI=1S/C18H22N2O3/c21-17-6-2-1-5-15(17)16-13-23-11-10-20(16)18(22)8-7-14-4-3-9-19-12-14/h3-4,7-9,12,15-16H,1-2,5-6,10-11,13H2/b8-7-. The average Bonchev–Trinajstić information content (AvgIpc) is 2.61. The van der Waals surface area contributed by atoms with Gasteiger partial charge in [0.15, 0.2) is 0 Å². The Kier molecular flexibility index (Phi) is 5.18. The number of hydrogen-bond donors (Lipinski definition) is 0. The molecule has 2 fully saturated rings. The number of rotatable bonds is 3. The van der Waals surface area contributed by atoms with Crippen molar-refractivity contribution < 1.29 is 14.3 Å². The summed E-state index contributed by atoms with van der Waals surface area (Å²) in [4.78, 5) is 30.6. The predicted octanol–water partition coefficient (Wildman–Crippen LogP) is 2.08. The van der Waals surface area contributed by atoms with Gasteiger partial charge >= 0.3 is 0 Å². The van der Waals surface area contributed by atoms with Crippen LogP contribution in [0.5, 0.6) is 0 Å². The first-order valence-corrected chi connectivity index (χ1v) is 8.25. The third-order valence-corrected chi connectivity index (χ3v) is 4.62. The molecule has 1 aromatic rings. The van der Waals surface area contributed by atoms with Crippen molar-refractivity contribution in [1.29, 1.82) is 0 Å². The number of carbonyl (C=O) groups is 2. The summed E-state index contributed by atoms with van der Waals surface area (Å²) >= 11 is 0. The van der Waals surface area contributed by atoms with Crippen LogP contribution in [-0.2, 0) is 14.3 Å². The molecule has 5 nitrogen and oxygen atoms in total. The zero-order valence-electron chi connectivity index (χ0n) is 13.2. The molecule has 0 N–H and O–H groups in total. The second kappa shape index (κ2) is 7.51. The molecule has 2 unspecified atom stereocenters. The lowest BCUT2D eigenvalue weighted by atomic mass is 9.82. The fraction of sp³-hybridized carbons (Fsp3) is 0.500. The minimum Gasteiger partial charge on any atom is -0.377 e. The summed E-state index contributed by atoms with van der Waals surface area (Å²) in [5.41, 5.74) is 0.888. The molecule has 1 amide bonds. The Bertz CT molecular complexity index is 585. The van der Waals surface area contributed by atoms with Gasteiger partial charge in [-0.2, -0.15) is 0 Å². The maximum absolute atomic E-state index is 12.6. The molecule has 1 aliphatic heterocycles. The van der Waals surface area contributed by atoms with E-state index < -0.39 is 0 Å². The number of nitrogens with zero attached hydrogens (tertiary/aromatic N) is 2. The van der Waals surface area contributed by atoms with E-state index in [9.17, 15) is 9.59 Å². The van der Waals surface area contributed by atoms with Crippen LogP contribution in [-0.4, -0.2) is 47.4 Å². The highest BCUT2D eigenvalue weighted by molar-refractivity contribution is 5.92. The van der Waals surface area contributed by atoms with Crippen LogP contribution >= 0.6 is 0 Å². The molecule has 0 radical (unpaired) electrons. The summed E-state index contributed by atoms with van der Waals surface area (Å²) in [6, 6.07) is 3.61. The molecule has 1 aliphatic carbocycles. The first-order valence-electron chi connectivity index (χ1n) is 8.25. The highest BCUT2D eigenvalue weighted by Gasteiger charge is 2.37.